The molecule has 0 spiro atoms. The van der Waals surface area contributed by atoms with Crippen LogP contribution in [-0.4, -0.2) is 18.6 Å². The van der Waals surface area contributed by atoms with Crippen LogP contribution in [0.1, 0.15) is 12.0 Å². The number of aryl methyl sites for hydroxylation is 1. The molecule has 0 atom stereocenters. The van der Waals surface area contributed by atoms with E-state index in [1.807, 2.05) is 48.5 Å². The Bertz CT molecular complexity index is 596. The average molecular weight is 321 g/mol. The normalized spacial score (nSPS) is 10.4. The van der Waals surface area contributed by atoms with Gasteiger partial charge in [0.1, 0.15) is 11.5 Å². The van der Waals surface area contributed by atoms with E-state index in [-0.39, 0.29) is 5.78 Å². The Kier molecular flexibility index (Phi) is 6.15. The molecule has 0 aliphatic carbocycles. The van der Waals surface area contributed by atoms with Crippen LogP contribution in [0.25, 0.3) is 0 Å². The van der Waals surface area contributed by atoms with Gasteiger partial charge in [0.2, 0.25) is 0 Å². The SMILES string of the molecule is COc1ccc(CCC(=O)CSc2ccccc2Cl)cc1. The van der Waals surface area contributed by atoms with Gasteiger partial charge in [-0.15, -0.1) is 11.8 Å². The van der Waals surface area contributed by atoms with Crippen LogP contribution in [0.4, 0.5) is 0 Å². The predicted molar refractivity (Wildman–Crippen MR) is 88.5 cm³/mol. The molecule has 0 fully saturated rings. The molecule has 2 rings (SSSR count). The van der Waals surface area contributed by atoms with Crippen molar-refractivity contribution in [2.24, 2.45) is 0 Å². The summed E-state index contributed by atoms with van der Waals surface area (Å²) in [6.45, 7) is 0. The van der Waals surface area contributed by atoms with Crippen LogP contribution in [0.5, 0.6) is 5.75 Å². The minimum Gasteiger partial charge on any atom is -0.497 e. The quantitative estimate of drug-likeness (QED) is 0.695. The average Bonchev–Trinajstić information content (AvgIpc) is 2.52. The number of ketones is 1. The highest BCUT2D eigenvalue weighted by atomic mass is 35.5. The van der Waals surface area contributed by atoms with E-state index in [9.17, 15) is 4.79 Å². The number of benzene rings is 2. The largest absolute Gasteiger partial charge is 0.497 e. The molecule has 21 heavy (non-hydrogen) atoms. The molecular formula is C17H17ClO2S. The van der Waals surface area contributed by atoms with E-state index in [1.165, 1.54) is 11.8 Å². The fourth-order valence-corrected chi connectivity index (χ4v) is 3.01. The smallest absolute Gasteiger partial charge is 0.143 e. The molecule has 2 aromatic carbocycles. The number of rotatable bonds is 7. The van der Waals surface area contributed by atoms with Crippen LogP contribution >= 0.6 is 23.4 Å². The highest BCUT2D eigenvalue weighted by Crippen LogP contribution is 2.26. The summed E-state index contributed by atoms with van der Waals surface area (Å²) in [6, 6.07) is 15.4. The molecular weight excluding hydrogens is 304 g/mol. The number of carbonyl (C=O) groups is 1. The Morgan fingerprint density at radius 3 is 2.52 bits per heavy atom. The van der Waals surface area contributed by atoms with E-state index in [2.05, 4.69) is 0 Å². The van der Waals surface area contributed by atoms with Gasteiger partial charge >= 0.3 is 0 Å². The van der Waals surface area contributed by atoms with Gasteiger partial charge in [0.15, 0.2) is 0 Å². The maximum Gasteiger partial charge on any atom is 0.143 e. The molecule has 2 aromatic rings. The van der Waals surface area contributed by atoms with Crippen LogP contribution in [0.3, 0.4) is 0 Å². The molecule has 0 radical (unpaired) electrons. The molecule has 2 nitrogen and oxygen atoms in total. The van der Waals surface area contributed by atoms with Crippen molar-refractivity contribution in [3.05, 3.63) is 59.1 Å². The third-order valence-electron chi connectivity index (χ3n) is 3.08. The van der Waals surface area contributed by atoms with Gasteiger partial charge in [0.05, 0.1) is 17.9 Å². The number of halogens is 1. The topological polar surface area (TPSA) is 26.3 Å². The van der Waals surface area contributed by atoms with E-state index in [0.29, 0.717) is 17.2 Å². The van der Waals surface area contributed by atoms with Gasteiger partial charge in [-0.2, -0.15) is 0 Å². The fourth-order valence-electron chi connectivity index (χ4n) is 1.87. The Morgan fingerprint density at radius 1 is 1.14 bits per heavy atom. The summed E-state index contributed by atoms with van der Waals surface area (Å²) in [7, 11) is 1.64. The summed E-state index contributed by atoms with van der Waals surface area (Å²) in [6.07, 6.45) is 1.30. The molecule has 0 saturated carbocycles. The van der Waals surface area contributed by atoms with Crippen LogP contribution in [-0.2, 0) is 11.2 Å². The third kappa shape index (κ3) is 5.10. The Morgan fingerprint density at radius 2 is 1.86 bits per heavy atom. The number of hydrogen-bond acceptors (Lipinski definition) is 3. The number of hydrogen-bond donors (Lipinski definition) is 0. The van der Waals surface area contributed by atoms with Crippen molar-refractivity contribution in [1.82, 2.24) is 0 Å². The Balaban J connectivity index is 1.78. The zero-order valence-corrected chi connectivity index (χ0v) is 13.4. The molecule has 0 heterocycles. The van der Waals surface area contributed by atoms with E-state index in [4.69, 9.17) is 16.3 Å². The molecule has 0 N–H and O–H groups in total. The van der Waals surface area contributed by atoms with E-state index in [0.717, 1.165) is 22.6 Å². The first-order chi connectivity index (χ1) is 10.2. The lowest BCUT2D eigenvalue weighted by Gasteiger charge is -2.05. The van der Waals surface area contributed by atoms with Crippen molar-refractivity contribution in [3.8, 4) is 5.75 Å². The van der Waals surface area contributed by atoms with Crippen molar-refractivity contribution in [2.75, 3.05) is 12.9 Å². The van der Waals surface area contributed by atoms with Gasteiger partial charge in [-0.05, 0) is 36.2 Å². The van der Waals surface area contributed by atoms with Crippen molar-refractivity contribution in [3.63, 3.8) is 0 Å². The second-order valence-electron chi connectivity index (χ2n) is 4.61. The van der Waals surface area contributed by atoms with Crippen LogP contribution in [0, 0.1) is 0 Å². The summed E-state index contributed by atoms with van der Waals surface area (Å²) in [4.78, 5) is 12.9. The highest BCUT2D eigenvalue weighted by molar-refractivity contribution is 8.00. The van der Waals surface area contributed by atoms with Gasteiger partial charge in [-0.3, -0.25) is 4.79 Å². The molecule has 0 aliphatic rings. The van der Waals surface area contributed by atoms with Gasteiger partial charge in [-0.1, -0.05) is 35.9 Å². The van der Waals surface area contributed by atoms with Crippen LogP contribution in [0.15, 0.2) is 53.4 Å². The molecule has 0 aromatic heterocycles. The zero-order valence-electron chi connectivity index (χ0n) is 11.8. The van der Waals surface area contributed by atoms with Crippen molar-refractivity contribution >= 4 is 29.1 Å². The predicted octanol–water partition coefficient (Wildman–Crippen LogP) is 4.64. The molecule has 0 saturated heterocycles. The number of thioether (sulfide) groups is 1. The fraction of sp³-hybridized carbons (Fsp3) is 0.235. The standard InChI is InChI=1S/C17H17ClO2S/c1-20-15-10-7-13(8-11-15)6-9-14(19)12-21-17-5-3-2-4-16(17)18/h2-5,7-8,10-11H,6,9,12H2,1H3. The number of methoxy groups -OCH3 is 1. The second kappa shape index (κ2) is 8.11. The van der Waals surface area contributed by atoms with Gasteiger partial charge in [0.25, 0.3) is 0 Å². The molecule has 0 unspecified atom stereocenters. The Labute approximate surface area is 134 Å². The van der Waals surface area contributed by atoms with Crippen molar-refractivity contribution in [1.29, 1.82) is 0 Å². The third-order valence-corrected chi connectivity index (χ3v) is 4.65. The summed E-state index contributed by atoms with van der Waals surface area (Å²) in [5, 5.41) is 0.699. The molecule has 0 bridgehead atoms. The van der Waals surface area contributed by atoms with Gasteiger partial charge < -0.3 is 4.74 Å². The number of ether oxygens (including phenoxy) is 1. The van der Waals surface area contributed by atoms with E-state index < -0.39 is 0 Å². The summed E-state index contributed by atoms with van der Waals surface area (Å²) >= 11 is 7.56. The molecule has 4 heteroatoms. The van der Waals surface area contributed by atoms with Gasteiger partial charge in [-0.25, -0.2) is 0 Å². The molecule has 0 aliphatic heterocycles. The minimum atomic E-state index is 0.232. The maximum absolute atomic E-state index is 11.9. The number of Topliss-reactive ketones (excluding diaryl/α,β-unsaturated/α-hetero) is 1. The van der Waals surface area contributed by atoms with E-state index >= 15 is 0 Å². The molecule has 110 valence electrons. The van der Waals surface area contributed by atoms with Crippen LogP contribution in [0.2, 0.25) is 5.02 Å². The van der Waals surface area contributed by atoms with Gasteiger partial charge in [0, 0.05) is 11.3 Å². The maximum atomic E-state index is 11.9. The van der Waals surface area contributed by atoms with Crippen molar-refractivity contribution in [2.45, 2.75) is 17.7 Å². The van der Waals surface area contributed by atoms with Crippen molar-refractivity contribution < 1.29 is 9.53 Å². The number of carbonyl (C=O) groups excluding carboxylic acids is 1. The first-order valence-electron chi connectivity index (χ1n) is 6.71. The zero-order chi connectivity index (χ0) is 15.1. The summed E-state index contributed by atoms with van der Waals surface area (Å²) < 4.78 is 5.11. The highest BCUT2D eigenvalue weighted by Gasteiger charge is 2.06. The lowest BCUT2D eigenvalue weighted by molar-refractivity contribution is -0.116. The Hall–Kier alpha value is -1.45. The summed E-state index contributed by atoms with van der Waals surface area (Å²) in [5.74, 6) is 1.52. The van der Waals surface area contributed by atoms with Crippen LogP contribution < -0.4 is 4.74 Å². The first-order valence-corrected chi connectivity index (χ1v) is 8.07. The second-order valence-corrected chi connectivity index (χ2v) is 6.03. The monoisotopic (exact) mass is 320 g/mol. The lowest BCUT2D eigenvalue weighted by Crippen LogP contribution is -2.03. The minimum absolute atomic E-state index is 0.232. The first kappa shape index (κ1) is 15.9. The summed E-state index contributed by atoms with van der Waals surface area (Å²) in [5.41, 5.74) is 1.15. The van der Waals surface area contributed by atoms with E-state index in [1.54, 1.807) is 7.11 Å². The lowest BCUT2D eigenvalue weighted by atomic mass is 10.1. The molecule has 0 amide bonds.